The van der Waals surface area contributed by atoms with Gasteiger partial charge in [0.15, 0.2) is 17.2 Å². The first-order valence-corrected chi connectivity index (χ1v) is 12.3. The van der Waals surface area contributed by atoms with E-state index in [2.05, 4.69) is 41.4 Å². The molecule has 5 nitrogen and oxygen atoms in total. The summed E-state index contributed by atoms with van der Waals surface area (Å²) >= 11 is 2.22. The number of cyclic esters (lactones) is 1. The van der Waals surface area contributed by atoms with Gasteiger partial charge in [-0.1, -0.05) is 56.3 Å². The SMILES string of the molecule is CCOc1cc(/C=C2\N=C(c3ccc(C(C)C)cc3)OC2=O)cc(I)c1OCc1ccccc1. The van der Waals surface area contributed by atoms with E-state index in [1.165, 1.54) is 5.56 Å². The van der Waals surface area contributed by atoms with E-state index >= 15 is 0 Å². The topological polar surface area (TPSA) is 57.1 Å². The molecule has 0 saturated heterocycles. The van der Waals surface area contributed by atoms with Gasteiger partial charge in [-0.25, -0.2) is 9.79 Å². The number of nitrogens with zero attached hydrogens (tertiary/aromatic N) is 1. The highest BCUT2D eigenvalue weighted by Gasteiger charge is 2.24. The standard InChI is InChI=1S/C28H26INO4/c1-4-32-25-16-20(14-23(29)26(25)33-17-19-8-6-5-7-9-19)15-24-28(31)34-27(30-24)22-12-10-21(11-13-22)18(2)3/h5-16,18H,4,17H2,1-3H3/b24-15-. The lowest BCUT2D eigenvalue weighted by Gasteiger charge is -2.15. The van der Waals surface area contributed by atoms with Crippen molar-refractivity contribution in [2.75, 3.05) is 6.61 Å². The highest BCUT2D eigenvalue weighted by atomic mass is 127. The summed E-state index contributed by atoms with van der Waals surface area (Å²) < 4.78 is 18.2. The van der Waals surface area contributed by atoms with Gasteiger partial charge in [0, 0.05) is 5.56 Å². The van der Waals surface area contributed by atoms with Crippen LogP contribution < -0.4 is 9.47 Å². The predicted octanol–water partition coefficient (Wildman–Crippen LogP) is 6.74. The van der Waals surface area contributed by atoms with Gasteiger partial charge in [0.05, 0.1) is 10.2 Å². The minimum atomic E-state index is -0.472. The summed E-state index contributed by atoms with van der Waals surface area (Å²) in [6.45, 7) is 7.13. The van der Waals surface area contributed by atoms with Gasteiger partial charge in [-0.15, -0.1) is 0 Å². The number of carbonyl (C=O) groups is 1. The number of carbonyl (C=O) groups excluding carboxylic acids is 1. The lowest BCUT2D eigenvalue weighted by Crippen LogP contribution is -2.05. The van der Waals surface area contributed by atoms with Gasteiger partial charge in [0.1, 0.15) is 6.61 Å². The van der Waals surface area contributed by atoms with Crippen molar-refractivity contribution in [3.8, 4) is 11.5 Å². The zero-order chi connectivity index (χ0) is 24.1. The number of hydrogen-bond acceptors (Lipinski definition) is 5. The minimum Gasteiger partial charge on any atom is -0.490 e. The Kier molecular flexibility index (Phi) is 7.67. The third-order valence-electron chi connectivity index (χ3n) is 5.31. The van der Waals surface area contributed by atoms with Crippen LogP contribution in [0.1, 0.15) is 48.9 Å². The molecule has 6 heteroatoms. The number of benzene rings is 3. The van der Waals surface area contributed by atoms with Crippen LogP contribution in [0.5, 0.6) is 11.5 Å². The van der Waals surface area contributed by atoms with Crippen LogP contribution in [0.3, 0.4) is 0 Å². The summed E-state index contributed by atoms with van der Waals surface area (Å²) in [4.78, 5) is 16.9. The molecule has 1 aliphatic rings. The van der Waals surface area contributed by atoms with E-state index in [1.54, 1.807) is 6.08 Å². The molecule has 4 rings (SSSR count). The maximum atomic E-state index is 12.5. The number of ether oxygens (including phenoxy) is 3. The number of aliphatic imine (C=N–C) groups is 1. The smallest absolute Gasteiger partial charge is 0.363 e. The number of rotatable bonds is 8. The van der Waals surface area contributed by atoms with Crippen LogP contribution >= 0.6 is 22.6 Å². The molecule has 0 atom stereocenters. The summed E-state index contributed by atoms with van der Waals surface area (Å²) in [6, 6.07) is 21.7. The lowest BCUT2D eigenvalue weighted by atomic mass is 10.0. The molecule has 0 spiro atoms. The molecule has 174 valence electrons. The first-order chi connectivity index (χ1) is 16.4. The molecule has 0 fully saturated rings. The van der Waals surface area contributed by atoms with Gasteiger partial charge >= 0.3 is 5.97 Å². The van der Waals surface area contributed by atoms with Gasteiger partial charge in [-0.3, -0.25) is 0 Å². The number of hydrogen-bond donors (Lipinski definition) is 0. The molecule has 3 aromatic carbocycles. The molecule has 0 aliphatic carbocycles. The van der Waals surface area contributed by atoms with Crippen LogP contribution in [0.15, 0.2) is 77.4 Å². The van der Waals surface area contributed by atoms with Crippen molar-refractivity contribution in [2.45, 2.75) is 33.3 Å². The van der Waals surface area contributed by atoms with Crippen molar-refractivity contribution in [3.63, 3.8) is 0 Å². The highest BCUT2D eigenvalue weighted by molar-refractivity contribution is 14.1. The average Bonchev–Trinajstić information content (AvgIpc) is 3.19. The Morgan fingerprint density at radius 3 is 2.44 bits per heavy atom. The second-order valence-corrected chi connectivity index (χ2v) is 9.31. The Bertz CT molecular complexity index is 1230. The third-order valence-corrected chi connectivity index (χ3v) is 6.11. The zero-order valence-corrected chi connectivity index (χ0v) is 21.5. The van der Waals surface area contributed by atoms with E-state index in [0.29, 0.717) is 36.5 Å². The molecule has 0 unspecified atom stereocenters. The van der Waals surface area contributed by atoms with Gasteiger partial charge < -0.3 is 14.2 Å². The Morgan fingerprint density at radius 2 is 1.76 bits per heavy atom. The quantitative estimate of drug-likeness (QED) is 0.172. The van der Waals surface area contributed by atoms with E-state index in [9.17, 15) is 4.79 Å². The molecule has 1 heterocycles. The van der Waals surface area contributed by atoms with Crippen LogP contribution in [0, 0.1) is 3.57 Å². The summed E-state index contributed by atoms with van der Waals surface area (Å²) in [6.07, 6.45) is 1.71. The summed E-state index contributed by atoms with van der Waals surface area (Å²) in [5.41, 5.74) is 4.10. The van der Waals surface area contributed by atoms with Crippen LogP contribution in [0.2, 0.25) is 0 Å². The zero-order valence-electron chi connectivity index (χ0n) is 19.4. The molecule has 0 radical (unpaired) electrons. The summed E-state index contributed by atoms with van der Waals surface area (Å²) in [5, 5.41) is 0. The summed E-state index contributed by atoms with van der Waals surface area (Å²) in [5.74, 6) is 1.57. The Hall–Kier alpha value is -3.13. The van der Waals surface area contributed by atoms with Crippen molar-refractivity contribution in [1.82, 2.24) is 0 Å². The van der Waals surface area contributed by atoms with E-state index in [0.717, 1.165) is 20.3 Å². The molecule has 0 amide bonds. The Morgan fingerprint density at radius 1 is 1.03 bits per heavy atom. The first kappa shape index (κ1) is 24.0. The maximum Gasteiger partial charge on any atom is 0.363 e. The lowest BCUT2D eigenvalue weighted by molar-refractivity contribution is -0.129. The van der Waals surface area contributed by atoms with Crippen molar-refractivity contribution in [2.24, 2.45) is 4.99 Å². The predicted molar refractivity (Wildman–Crippen MR) is 142 cm³/mol. The first-order valence-electron chi connectivity index (χ1n) is 11.2. The van der Waals surface area contributed by atoms with Crippen LogP contribution in [-0.4, -0.2) is 18.5 Å². The normalized spacial score (nSPS) is 14.3. The fraction of sp³-hybridized carbons (Fsp3) is 0.214. The molecular weight excluding hydrogens is 541 g/mol. The van der Waals surface area contributed by atoms with E-state index in [1.807, 2.05) is 73.7 Å². The van der Waals surface area contributed by atoms with Crippen molar-refractivity contribution < 1.29 is 19.0 Å². The van der Waals surface area contributed by atoms with Crippen molar-refractivity contribution >= 4 is 40.5 Å². The van der Waals surface area contributed by atoms with Gasteiger partial charge in [0.25, 0.3) is 0 Å². The average molecular weight is 567 g/mol. The van der Waals surface area contributed by atoms with E-state index in [4.69, 9.17) is 14.2 Å². The monoisotopic (exact) mass is 567 g/mol. The van der Waals surface area contributed by atoms with Gasteiger partial charge in [-0.05, 0) is 82.5 Å². The highest BCUT2D eigenvalue weighted by Crippen LogP contribution is 2.36. The van der Waals surface area contributed by atoms with E-state index in [-0.39, 0.29) is 5.70 Å². The van der Waals surface area contributed by atoms with Crippen LogP contribution in [0.25, 0.3) is 6.08 Å². The van der Waals surface area contributed by atoms with Crippen molar-refractivity contribution in [1.29, 1.82) is 0 Å². The maximum absolute atomic E-state index is 12.5. The molecule has 0 saturated carbocycles. The molecule has 0 aromatic heterocycles. The molecule has 3 aromatic rings. The Labute approximate surface area is 213 Å². The fourth-order valence-electron chi connectivity index (χ4n) is 3.51. The Balaban J connectivity index is 1.59. The molecule has 0 bridgehead atoms. The molecule has 34 heavy (non-hydrogen) atoms. The molecule has 1 aliphatic heterocycles. The second-order valence-electron chi connectivity index (χ2n) is 8.15. The minimum absolute atomic E-state index is 0.249. The van der Waals surface area contributed by atoms with Crippen LogP contribution in [-0.2, 0) is 16.1 Å². The fourth-order valence-corrected chi connectivity index (χ4v) is 4.29. The molecular formula is C28H26INO4. The summed E-state index contributed by atoms with van der Waals surface area (Å²) in [7, 11) is 0. The third kappa shape index (κ3) is 5.67. The van der Waals surface area contributed by atoms with Gasteiger partial charge in [-0.2, -0.15) is 0 Å². The number of halogens is 1. The second kappa shape index (κ2) is 10.9. The van der Waals surface area contributed by atoms with Gasteiger partial charge in [0.2, 0.25) is 5.90 Å². The van der Waals surface area contributed by atoms with Crippen molar-refractivity contribution in [3.05, 3.63) is 98.3 Å². The number of esters is 1. The largest absolute Gasteiger partial charge is 0.490 e. The van der Waals surface area contributed by atoms with Crippen LogP contribution in [0.4, 0.5) is 0 Å². The molecule has 0 N–H and O–H groups in total. The van der Waals surface area contributed by atoms with E-state index < -0.39 is 5.97 Å².